The van der Waals surface area contributed by atoms with Crippen molar-refractivity contribution >= 4 is 34.8 Å². The molecule has 1 aliphatic rings. The highest BCUT2D eigenvalue weighted by Crippen LogP contribution is 2.31. The fourth-order valence-electron chi connectivity index (χ4n) is 3.70. The summed E-state index contributed by atoms with van der Waals surface area (Å²) in [5.74, 6) is 1.58. The van der Waals surface area contributed by atoms with Crippen LogP contribution in [0.3, 0.4) is 0 Å². The molecule has 1 aliphatic heterocycles. The fourth-order valence-corrected chi connectivity index (χ4v) is 3.83. The van der Waals surface area contributed by atoms with Crippen LogP contribution in [0.4, 0.5) is 17.3 Å². The maximum absolute atomic E-state index is 13.0. The molecular weight excluding hydrogens is 398 g/mol. The number of aromatic nitrogens is 2. The summed E-state index contributed by atoms with van der Waals surface area (Å²) in [6.45, 7) is 3.42. The molecule has 0 aliphatic carbocycles. The predicted octanol–water partition coefficient (Wildman–Crippen LogP) is 4.08. The van der Waals surface area contributed by atoms with Crippen LogP contribution in [-0.4, -0.2) is 36.0 Å². The van der Waals surface area contributed by atoms with E-state index in [4.69, 9.17) is 11.6 Å². The number of fused-ring (bicyclic) bond motifs is 1. The molecule has 2 heterocycles. The third-order valence-corrected chi connectivity index (χ3v) is 5.55. The predicted molar refractivity (Wildman–Crippen MR) is 121 cm³/mol. The lowest BCUT2D eigenvalue weighted by molar-refractivity contribution is -0.117. The summed E-state index contributed by atoms with van der Waals surface area (Å²) in [5, 5.41) is 4.17. The third kappa shape index (κ3) is 4.24. The number of hydrogen-bond acceptors (Lipinski definition) is 5. The van der Waals surface area contributed by atoms with Gasteiger partial charge in [0.15, 0.2) is 0 Å². The standard InChI is InChI=1S/C23H24ClN5O/c1-16-5-3-4-6-20(16)29-13-19-22(25-12-11-17-7-9-18(24)10-8-17)26-15-27-23(19)28(2)14-21(29)30/h3-10,15H,11-14H2,1-2H3,(H,25,26,27). The second kappa shape index (κ2) is 8.71. The molecule has 0 atom stereocenters. The van der Waals surface area contributed by atoms with Crippen molar-refractivity contribution in [3.05, 3.63) is 76.6 Å². The van der Waals surface area contributed by atoms with E-state index in [1.165, 1.54) is 5.56 Å². The summed E-state index contributed by atoms with van der Waals surface area (Å²) in [7, 11) is 1.89. The minimum atomic E-state index is 0.0388. The number of benzene rings is 2. The number of aryl methyl sites for hydroxylation is 1. The van der Waals surface area contributed by atoms with Gasteiger partial charge in [-0.25, -0.2) is 9.97 Å². The molecule has 154 valence electrons. The minimum Gasteiger partial charge on any atom is -0.369 e. The molecular formula is C23H24ClN5O. The minimum absolute atomic E-state index is 0.0388. The van der Waals surface area contributed by atoms with E-state index in [0.29, 0.717) is 13.1 Å². The van der Waals surface area contributed by atoms with Gasteiger partial charge in [-0.15, -0.1) is 0 Å². The number of halogens is 1. The number of hydrogen-bond donors (Lipinski definition) is 1. The van der Waals surface area contributed by atoms with Crippen molar-refractivity contribution in [3.63, 3.8) is 0 Å². The number of likely N-dealkylation sites (N-methyl/N-ethyl adjacent to an activating group) is 1. The van der Waals surface area contributed by atoms with Crippen molar-refractivity contribution in [2.75, 3.05) is 35.3 Å². The van der Waals surface area contributed by atoms with Gasteiger partial charge in [0, 0.05) is 24.3 Å². The first kappa shape index (κ1) is 20.2. The van der Waals surface area contributed by atoms with Crippen LogP contribution in [0, 0.1) is 6.92 Å². The topological polar surface area (TPSA) is 61.4 Å². The SMILES string of the molecule is Cc1ccccc1N1Cc2c(NCCc3ccc(Cl)cc3)ncnc2N(C)CC1=O. The average Bonchev–Trinajstić information content (AvgIpc) is 2.86. The van der Waals surface area contributed by atoms with Crippen molar-refractivity contribution in [2.45, 2.75) is 19.9 Å². The van der Waals surface area contributed by atoms with Crippen LogP contribution in [0.25, 0.3) is 0 Å². The van der Waals surface area contributed by atoms with Gasteiger partial charge in [0.05, 0.1) is 18.7 Å². The Balaban J connectivity index is 1.59. The number of anilines is 3. The number of para-hydroxylation sites is 1. The summed E-state index contributed by atoms with van der Waals surface area (Å²) >= 11 is 5.97. The molecule has 1 N–H and O–H groups in total. The van der Waals surface area contributed by atoms with Gasteiger partial charge in [-0.2, -0.15) is 0 Å². The second-order valence-electron chi connectivity index (χ2n) is 7.45. The van der Waals surface area contributed by atoms with Crippen molar-refractivity contribution in [3.8, 4) is 0 Å². The zero-order chi connectivity index (χ0) is 21.1. The molecule has 7 heteroatoms. The largest absolute Gasteiger partial charge is 0.369 e. The van der Waals surface area contributed by atoms with Gasteiger partial charge < -0.3 is 15.1 Å². The average molecular weight is 422 g/mol. The Bertz CT molecular complexity index is 1050. The number of amides is 1. The molecule has 6 nitrogen and oxygen atoms in total. The molecule has 1 amide bonds. The number of nitrogens with zero attached hydrogens (tertiary/aromatic N) is 4. The highest BCUT2D eigenvalue weighted by Gasteiger charge is 2.28. The zero-order valence-corrected chi connectivity index (χ0v) is 17.9. The van der Waals surface area contributed by atoms with E-state index in [2.05, 4.69) is 15.3 Å². The van der Waals surface area contributed by atoms with Crippen molar-refractivity contribution < 1.29 is 4.79 Å². The van der Waals surface area contributed by atoms with E-state index in [-0.39, 0.29) is 12.5 Å². The van der Waals surface area contributed by atoms with Crippen LogP contribution < -0.4 is 15.1 Å². The van der Waals surface area contributed by atoms with Gasteiger partial charge >= 0.3 is 0 Å². The quantitative estimate of drug-likeness (QED) is 0.672. The molecule has 30 heavy (non-hydrogen) atoms. The van der Waals surface area contributed by atoms with E-state index in [9.17, 15) is 4.79 Å². The molecule has 0 saturated heterocycles. The van der Waals surface area contributed by atoms with Crippen molar-refractivity contribution in [1.82, 2.24) is 9.97 Å². The van der Waals surface area contributed by atoms with E-state index in [1.54, 1.807) is 6.33 Å². The van der Waals surface area contributed by atoms with Crippen LogP contribution in [0.15, 0.2) is 54.9 Å². The van der Waals surface area contributed by atoms with Crippen molar-refractivity contribution in [2.24, 2.45) is 0 Å². The van der Waals surface area contributed by atoms with Gasteiger partial charge in [-0.3, -0.25) is 4.79 Å². The third-order valence-electron chi connectivity index (χ3n) is 5.30. The molecule has 0 radical (unpaired) electrons. The highest BCUT2D eigenvalue weighted by atomic mass is 35.5. The van der Waals surface area contributed by atoms with Gasteiger partial charge in [-0.1, -0.05) is 41.9 Å². The van der Waals surface area contributed by atoms with Crippen LogP contribution in [0.5, 0.6) is 0 Å². The number of carbonyl (C=O) groups is 1. The van der Waals surface area contributed by atoms with E-state index in [0.717, 1.165) is 39.9 Å². The molecule has 3 aromatic rings. The summed E-state index contributed by atoms with van der Waals surface area (Å²) in [5.41, 5.74) is 4.09. The van der Waals surface area contributed by atoms with Crippen LogP contribution >= 0.6 is 11.6 Å². The summed E-state index contributed by atoms with van der Waals surface area (Å²) in [4.78, 5) is 25.6. The van der Waals surface area contributed by atoms with Crippen molar-refractivity contribution in [1.29, 1.82) is 0 Å². The Morgan fingerprint density at radius 2 is 1.83 bits per heavy atom. The molecule has 4 rings (SSSR count). The molecule has 0 unspecified atom stereocenters. The maximum Gasteiger partial charge on any atom is 0.246 e. The maximum atomic E-state index is 13.0. The van der Waals surface area contributed by atoms with Crippen LogP contribution in [0.2, 0.25) is 5.02 Å². The molecule has 0 saturated carbocycles. The normalized spacial score (nSPS) is 13.8. The first-order valence-corrected chi connectivity index (χ1v) is 10.3. The number of carbonyl (C=O) groups excluding carboxylic acids is 1. The Morgan fingerprint density at radius 1 is 1.07 bits per heavy atom. The Hall–Kier alpha value is -3.12. The summed E-state index contributed by atoms with van der Waals surface area (Å²) in [6.07, 6.45) is 2.39. The molecule has 0 spiro atoms. The lowest BCUT2D eigenvalue weighted by Crippen LogP contribution is -2.36. The Morgan fingerprint density at radius 3 is 2.60 bits per heavy atom. The Kier molecular flexibility index (Phi) is 5.86. The van der Waals surface area contributed by atoms with E-state index in [1.807, 2.05) is 72.3 Å². The molecule has 0 fully saturated rings. The smallest absolute Gasteiger partial charge is 0.246 e. The van der Waals surface area contributed by atoms with Crippen LogP contribution in [-0.2, 0) is 17.8 Å². The van der Waals surface area contributed by atoms with Crippen LogP contribution in [0.1, 0.15) is 16.7 Å². The Labute approximate surface area is 181 Å². The second-order valence-corrected chi connectivity index (χ2v) is 7.89. The number of nitrogens with one attached hydrogen (secondary N) is 1. The highest BCUT2D eigenvalue weighted by molar-refractivity contribution is 6.30. The first-order chi connectivity index (χ1) is 14.5. The first-order valence-electron chi connectivity index (χ1n) is 9.92. The number of rotatable bonds is 5. The molecule has 2 aromatic carbocycles. The molecule has 0 bridgehead atoms. The fraction of sp³-hybridized carbons (Fsp3) is 0.261. The molecule has 1 aromatic heterocycles. The van der Waals surface area contributed by atoms with E-state index < -0.39 is 0 Å². The van der Waals surface area contributed by atoms with Gasteiger partial charge in [0.25, 0.3) is 0 Å². The van der Waals surface area contributed by atoms with Gasteiger partial charge in [-0.05, 0) is 42.7 Å². The van der Waals surface area contributed by atoms with Gasteiger partial charge in [0.2, 0.25) is 5.91 Å². The lowest BCUT2D eigenvalue weighted by Gasteiger charge is -2.23. The lowest BCUT2D eigenvalue weighted by atomic mass is 10.1. The van der Waals surface area contributed by atoms with Gasteiger partial charge in [0.1, 0.15) is 18.0 Å². The monoisotopic (exact) mass is 421 g/mol. The zero-order valence-electron chi connectivity index (χ0n) is 17.1. The summed E-state index contributed by atoms with van der Waals surface area (Å²) < 4.78 is 0. The summed E-state index contributed by atoms with van der Waals surface area (Å²) in [6, 6.07) is 15.8. The van der Waals surface area contributed by atoms with E-state index >= 15 is 0 Å².